The van der Waals surface area contributed by atoms with E-state index in [2.05, 4.69) is 15.3 Å². The second kappa shape index (κ2) is 9.96. The molecule has 5 atom stereocenters. The van der Waals surface area contributed by atoms with Crippen LogP contribution in [0.4, 0.5) is 14.5 Å². The fourth-order valence-electron chi connectivity index (χ4n) is 5.72. The van der Waals surface area contributed by atoms with Crippen LogP contribution in [0.25, 0.3) is 0 Å². The summed E-state index contributed by atoms with van der Waals surface area (Å²) in [5.41, 5.74) is -1.61. The average Bonchev–Trinajstić information content (AvgIpc) is 3.06. The molecule has 200 valence electrons. The number of aliphatic hydroxyl groups excluding tert-OH is 1. The molecule has 2 bridgehead atoms. The molecular formula is C26H24ClF2N3O5S. The van der Waals surface area contributed by atoms with Gasteiger partial charge in [0.1, 0.15) is 11.7 Å². The highest BCUT2D eigenvalue weighted by Gasteiger charge is 2.60. The first kappa shape index (κ1) is 26.6. The highest BCUT2D eigenvalue weighted by Crippen LogP contribution is 2.56. The molecule has 2 fully saturated rings. The van der Waals surface area contributed by atoms with Gasteiger partial charge in [0.2, 0.25) is 0 Å². The van der Waals surface area contributed by atoms with Gasteiger partial charge in [-0.15, -0.1) is 0 Å². The van der Waals surface area contributed by atoms with E-state index in [4.69, 9.17) is 11.6 Å². The zero-order valence-electron chi connectivity index (χ0n) is 19.9. The molecule has 1 aromatic heterocycles. The minimum atomic E-state index is -4.05. The predicted octanol–water partition coefficient (Wildman–Crippen LogP) is 4.09. The van der Waals surface area contributed by atoms with E-state index in [0.717, 1.165) is 18.2 Å². The van der Waals surface area contributed by atoms with Crippen LogP contribution < -0.4 is 5.32 Å². The number of nitrogens with one attached hydrogen (secondary N) is 1. The van der Waals surface area contributed by atoms with Crippen molar-refractivity contribution in [3.63, 3.8) is 0 Å². The van der Waals surface area contributed by atoms with Crippen molar-refractivity contribution >= 4 is 33.0 Å². The smallest absolute Gasteiger partial charge is 0.255 e. The maximum Gasteiger partial charge on any atom is 0.255 e. The minimum Gasteiger partial charge on any atom is -0.386 e. The van der Waals surface area contributed by atoms with Gasteiger partial charge < -0.3 is 15.5 Å². The molecule has 0 saturated heterocycles. The van der Waals surface area contributed by atoms with Gasteiger partial charge in [-0.2, -0.15) is 0 Å². The van der Waals surface area contributed by atoms with Crippen LogP contribution in [0.3, 0.4) is 0 Å². The number of benzene rings is 2. The lowest BCUT2D eigenvalue weighted by Gasteiger charge is -2.44. The number of rotatable bonds is 6. The lowest BCUT2D eigenvalue weighted by atomic mass is 9.71. The Kier molecular flexibility index (Phi) is 6.97. The van der Waals surface area contributed by atoms with Crippen molar-refractivity contribution in [1.82, 2.24) is 9.97 Å². The van der Waals surface area contributed by atoms with Crippen LogP contribution in [0.15, 0.2) is 59.8 Å². The van der Waals surface area contributed by atoms with Crippen molar-refractivity contribution in [1.29, 1.82) is 0 Å². The number of carbonyl (C=O) groups is 1. The first-order valence-electron chi connectivity index (χ1n) is 12.0. The van der Waals surface area contributed by atoms with E-state index < -0.39 is 56.2 Å². The lowest BCUT2D eigenvalue weighted by molar-refractivity contribution is -0.147. The van der Waals surface area contributed by atoms with Gasteiger partial charge >= 0.3 is 0 Å². The second-order valence-corrected chi connectivity index (χ2v) is 12.3. The summed E-state index contributed by atoms with van der Waals surface area (Å²) in [5, 5.41) is 23.9. The van der Waals surface area contributed by atoms with Crippen LogP contribution in [-0.2, 0) is 9.84 Å². The molecule has 2 saturated carbocycles. The highest BCUT2D eigenvalue weighted by atomic mass is 35.5. The van der Waals surface area contributed by atoms with Gasteiger partial charge in [-0.25, -0.2) is 27.2 Å². The molecule has 8 nitrogen and oxygen atoms in total. The fourth-order valence-corrected chi connectivity index (χ4v) is 8.12. The average molecular weight is 564 g/mol. The normalized spacial score (nSPS) is 25.7. The van der Waals surface area contributed by atoms with E-state index in [1.165, 1.54) is 30.6 Å². The summed E-state index contributed by atoms with van der Waals surface area (Å²) in [6.45, 7) is 0. The Morgan fingerprint density at radius 2 is 1.71 bits per heavy atom. The van der Waals surface area contributed by atoms with Crippen molar-refractivity contribution in [3.05, 3.63) is 82.9 Å². The molecule has 3 N–H and O–H groups in total. The second-order valence-electron chi connectivity index (χ2n) is 9.73. The van der Waals surface area contributed by atoms with Gasteiger partial charge in [-0.3, -0.25) is 4.79 Å². The van der Waals surface area contributed by atoms with Gasteiger partial charge in [0.05, 0.1) is 15.2 Å². The summed E-state index contributed by atoms with van der Waals surface area (Å²) in [6, 6.07) is 8.22. The Labute approximate surface area is 222 Å². The number of aromatic nitrogens is 2. The van der Waals surface area contributed by atoms with Crippen LogP contribution in [0.1, 0.15) is 48.0 Å². The van der Waals surface area contributed by atoms with Gasteiger partial charge in [0, 0.05) is 29.7 Å². The number of hydrogen-bond donors (Lipinski definition) is 3. The third-order valence-corrected chi connectivity index (χ3v) is 10.3. The van der Waals surface area contributed by atoms with Crippen molar-refractivity contribution in [2.75, 3.05) is 5.32 Å². The summed E-state index contributed by atoms with van der Waals surface area (Å²) >= 11 is 6.27. The molecule has 3 aromatic rings. The van der Waals surface area contributed by atoms with Gasteiger partial charge in [-0.1, -0.05) is 11.6 Å². The summed E-state index contributed by atoms with van der Waals surface area (Å²) in [6.07, 6.45) is 2.79. The Morgan fingerprint density at radius 1 is 1.05 bits per heavy atom. The number of aliphatic hydroxyl groups is 2. The molecule has 5 rings (SSSR count). The minimum absolute atomic E-state index is 0.00245. The predicted molar refractivity (Wildman–Crippen MR) is 134 cm³/mol. The third kappa shape index (κ3) is 4.57. The Bertz CT molecular complexity index is 1480. The topological polar surface area (TPSA) is 129 Å². The monoisotopic (exact) mass is 563 g/mol. The number of fused-ring (bicyclic) bond motifs is 2. The van der Waals surface area contributed by atoms with Crippen molar-refractivity contribution < 1.29 is 32.2 Å². The Morgan fingerprint density at radius 3 is 2.34 bits per heavy atom. The van der Waals surface area contributed by atoms with Gasteiger partial charge in [0.25, 0.3) is 5.91 Å². The van der Waals surface area contributed by atoms with Crippen LogP contribution >= 0.6 is 11.6 Å². The van der Waals surface area contributed by atoms with Crippen LogP contribution in [0, 0.1) is 23.5 Å². The molecule has 0 aliphatic heterocycles. The van der Waals surface area contributed by atoms with Crippen molar-refractivity contribution in [2.45, 2.75) is 47.5 Å². The standard InChI is InChI=1S/C26H24ClF2N3O5S/c27-19-6-2-14(25(34)32-17-5-7-20(28)21(29)13-17)10-22(19)38(36,37)18-11-15-3-4-16(12-18)26(15,35)23(33)24-30-8-1-9-31-24/h1-2,5-10,13,15-16,18,23,33,35H,3-4,11-12H2,(H,32,34)/t15-,16?,18?,23?,26?/m0/s1. The van der Waals surface area contributed by atoms with Crippen molar-refractivity contribution in [2.24, 2.45) is 11.8 Å². The van der Waals surface area contributed by atoms with Gasteiger partial charge in [-0.05, 0) is 73.9 Å². The van der Waals surface area contributed by atoms with Crippen molar-refractivity contribution in [3.8, 4) is 0 Å². The lowest BCUT2D eigenvalue weighted by Crippen LogP contribution is -2.52. The molecule has 4 unspecified atom stereocenters. The molecule has 2 aliphatic rings. The molecule has 1 amide bonds. The summed E-state index contributed by atoms with van der Waals surface area (Å²) < 4.78 is 54.1. The highest BCUT2D eigenvalue weighted by molar-refractivity contribution is 7.92. The molecule has 0 radical (unpaired) electrons. The SMILES string of the molecule is O=C(Nc1ccc(F)c(F)c1)c1ccc(Cl)c(S(=O)(=O)C2CC3CC[C@@H](C2)C3(O)C(O)c2ncccn2)c1. The Hall–Kier alpha value is -2.99. The van der Waals surface area contributed by atoms with Crippen LogP contribution in [-0.4, -0.2) is 45.4 Å². The van der Waals surface area contributed by atoms with Crippen LogP contribution in [0.5, 0.6) is 0 Å². The maximum atomic E-state index is 13.7. The number of amides is 1. The fraction of sp³-hybridized carbons (Fsp3) is 0.346. The van der Waals surface area contributed by atoms with E-state index >= 15 is 0 Å². The molecule has 0 spiro atoms. The first-order chi connectivity index (χ1) is 18.0. The molecular weight excluding hydrogens is 540 g/mol. The van der Waals surface area contributed by atoms with E-state index in [0.29, 0.717) is 12.8 Å². The van der Waals surface area contributed by atoms with E-state index in [9.17, 15) is 32.2 Å². The van der Waals surface area contributed by atoms with E-state index in [-0.39, 0.29) is 39.8 Å². The van der Waals surface area contributed by atoms with Crippen LogP contribution in [0.2, 0.25) is 5.02 Å². The number of halogens is 3. The number of anilines is 1. The quantitative estimate of drug-likeness (QED) is 0.412. The number of carbonyl (C=O) groups excluding carboxylic acids is 1. The number of nitrogens with zero attached hydrogens (tertiary/aromatic N) is 2. The molecule has 1 heterocycles. The first-order valence-corrected chi connectivity index (χ1v) is 13.9. The van der Waals surface area contributed by atoms with E-state index in [1.807, 2.05) is 0 Å². The molecule has 2 aliphatic carbocycles. The molecule has 12 heteroatoms. The Balaban J connectivity index is 1.39. The summed E-state index contributed by atoms with van der Waals surface area (Å²) in [7, 11) is -4.05. The zero-order valence-corrected chi connectivity index (χ0v) is 21.5. The summed E-state index contributed by atoms with van der Waals surface area (Å²) in [5.74, 6) is -3.89. The number of hydrogen-bond acceptors (Lipinski definition) is 7. The maximum absolute atomic E-state index is 13.7. The summed E-state index contributed by atoms with van der Waals surface area (Å²) in [4.78, 5) is 20.6. The largest absolute Gasteiger partial charge is 0.386 e. The zero-order chi connectivity index (χ0) is 27.2. The molecule has 2 aromatic carbocycles. The molecule has 38 heavy (non-hydrogen) atoms. The van der Waals surface area contributed by atoms with E-state index in [1.54, 1.807) is 6.07 Å². The van der Waals surface area contributed by atoms with Gasteiger partial charge in [0.15, 0.2) is 27.3 Å². The number of sulfone groups is 1. The third-order valence-electron chi connectivity index (χ3n) is 7.65.